The number of hydrogen-bond donors (Lipinski definition) is 2. The van der Waals surface area contributed by atoms with Crippen LogP contribution in [0.2, 0.25) is 0 Å². The summed E-state index contributed by atoms with van der Waals surface area (Å²) >= 11 is 0. The number of benzene rings is 1. The number of nitrogens with zero attached hydrogens (tertiary/aromatic N) is 5. The highest BCUT2D eigenvalue weighted by atomic mass is 19.1. The summed E-state index contributed by atoms with van der Waals surface area (Å²) in [5.74, 6) is -0.0844. The molecule has 184 valence electrons. The average Bonchev–Trinajstić information content (AvgIpc) is 3.30. The molecule has 0 atom stereocenters. The van der Waals surface area contributed by atoms with Crippen molar-refractivity contribution in [3.63, 3.8) is 0 Å². The van der Waals surface area contributed by atoms with E-state index in [-0.39, 0.29) is 12.4 Å². The average molecular weight is 482 g/mol. The minimum Gasteiger partial charge on any atom is -0.494 e. The van der Waals surface area contributed by atoms with Crippen molar-refractivity contribution in [1.29, 1.82) is 0 Å². The van der Waals surface area contributed by atoms with E-state index in [2.05, 4.69) is 32.4 Å². The number of carbonyl (C=O) groups excluding carboxylic acids is 1. The molecular formula is C24H28FN7O3. The Bertz CT molecular complexity index is 1250. The number of aryl methyl sites for hydroxylation is 1. The van der Waals surface area contributed by atoms with Gasteiger partial charge in [-0.1, -0.05) is 0 Å². The molecule has 0 amide bonds. The van der Waals surface area contributed by atoms with Crippen LogP contribution in [0.3, 0.4) is 0 Å². The third kappa shape index (κ3) is 4.39. The van der Waals surface area contributed by atoms with Crippen molar-refractivity contribution in [3.8, 4) is 17.1 Å². The van der Waals surface area contributed by atoms with Gasteiger partial charge in [0.15, 0.2) is 0 Å². The topological polar surface area (TPSA) is 108 Å². The second kappa shape index (κ2) is 9.49. The Kier molecular flexibility index (Phi) is 6.25. The van der Waals surface area contributed by atoms with E-state index in [1.165, 1.54) is 13.2 Å². The molecule has 11 heteroatoms. The molecule has 1 aliphatic heterocycles. The molecule has 10 nitrogen and oxygen atoms in total. The quantitative estimate of drug-likeness (QED) is 0.514. The molecule has 0 bridgehead atoms. The molecule has 0 radical (unpaired) electrons. The van der Waals surface area contributed by atoms with Gasteiger partial charge in [0.05, 0.1) is 30.8 Å². The van der Waals surface area contributed by atoms with E-state index in [4.69, 9.17) is 14.5 Å². The van der Waals surface area contributed by atoms with Gasteiger partial charge in [-0.3, -0.25) is 5.10 Å². The molecule has 2 aliphatic rings. The van der Waals surface area contributed by atoms with Gasteiger partial charge in [0, 0.05) is 44.0 Å². The number of methoxy groups -OCH3 is 1. The van der Waals surface area contributed by atoms with Crippen LogP contribution in [0.1, 0.15) is 28.5 Å². The minimum atomic E-state index is -0.426. The fraction of sp³-hybridized carbons (Fsp3) is 0.417. The van der Waals surface area contributed by atoms with Crippen molar-refractivity contribution in [2.45, 2.75) is 19.8 Å². The van der Waals surface area contributed by atoms with Gasteiger partial charge < -0.3 is 24.6 Å². The molecule has 1 aromatic carbocycles. The summed E-state index contributed by atoms with van der Waals surface area (Å²) < 4.78 is 25.5. The number of piperazine rings is 1. The van der Waals surface area contributed by atoms with E-state index in [1.54, 1.807) is 19.2 Å². The zero-order chi connectivity index (χ0) is 24.5. The predicted molar refractivity (Wildman–Crippen MR) is 129 cm³/mol. The first-order valence-corrected chi connectivity index (χ1v) is 11.7. The summed E-state index contributed by atoms with van der Waals surface area (Å²) in [4.78, 5) is 25.7. The minimum absolute atomic E-state index is 0.287. The number of hydrogen-bond acceptors (Lipinski definition) is 9. The van der Waals surface area contributed by atoms with Gasteiger partial charge in [0.1, 0.15) is 23.0 Å². The maximum atomic E-state index is 14.9. The van der Waals surface area contributed by atoms with E-state index in [1.807, 2.05) is 4.90 Å². The number of rotatable bonds is 6. The smallest absolute Gasteiger partial charge is 0.356 e. The zero-order valence-electron chi connectivity index (χ0n) is 20.0. The van der Waals surface area contributed by atoms with E-state index in [0.29, 0.717) is 53.0 Å². The van der Waals surface area contributed by atoms with E-state index in [9.17, 15) is 9.18 Å². The molecule has 35 heavy (non-hydrogen) atoms. The van der Waals surface area contributed by atoms with Gasteiger partial charge in [-0.2, -0.15) is 5.10 Å². The Morgan fingerprint density at radius 2 is 2.00 bits per heavy atom. The van der Waals surface area contributed by atoms with Gasteiger partial charge in [0.25, 0.3) is 0 Å². The first-order chi connectivity index (χ1) is 17.0. The Balaban J connectivity index is 1.46. The van der Waals surface area contributed by atoms with Crippen LogP contribution >= 0.6 is 0 Å². The molecule has 2 N–H and O–H groups in total. The van der Waals surface area contributed by atoms with Crippen LogP contribution in [0.4, 0.5) is 21.7 Å². The number of fused-ring (bicyclic) bond motifs is 3. The number of likely N-dealkylation sites (N-methyl/N-ethyl adjacent to an activating group) is 1. The van der Waals surface area contributed by atoms with Gasteiger partial charge in [-0.05, 0) is 38.4 Å². The highest BCUT2D eigenvalue weighted by Gasteiger charge is 2.28. The fourth-order valence-corrected chi connectivity index (χ4v) is 4.51. The van der Waals surface area contributed by atoms with Crippen LogP contribution in [0.25, 0.3) is 11.4 Å². The highest BCUT2D eigenvalue weighted by Crippen LogP contribution is 2.36. The van der Waals surface area contributed by atoms with E-state index >= 15 is 0 Å². The molecule has 1 saturated heterocycles. The molecule has 3 heterocycles. The number of aromatic nitrogens is 4. The number of esters is 1. The molecule has 0 unspecified atom stereocenters. The van der Waals surface area contributed by atoms with Crippen molar-refractivity contribution in [2.24, 2.45) is 0 Å². The summed E-state index contributed by atoms with van der Waals surface area (Å²) in [5, 5.41) is 10.3. The molecule has 0 spiro atoms. The summed E-state index contributed by atoms with van der Waals surface area (Å²) in [6.07, 6.45) is 3.08. The fourth-order valence-electron chi connectivity index (χ4n) is 4.51. The van der Waals surface area contributed by atoms with Gasteiger partial charge in [-0.15, -0.1) is 0 Å². The van der Waals surface area contributed by atoms with Crippen LogP contribution in [0.15, 0.2) is 18.3 Å². The number of nitrogens with one attached hydrogen (secondary N) is 2. The van der Waals surface area contributed by atoms with Crippen molar-refractivity contribution in [1.82, 2.24) is 25.1 Å². The lowest BCUT2D eigenvalue weighted by Gasteiger charge is -2.34. The maximum absolute atomic E-state index is 14.9. The zero-order valence-corrected chi connectivity index (χ0v) is 20.0. The van der Waals surface area contributed by atoms with Crippen LogP contribution in [0.5, 0.6) is 5.75 Å². The Morgan fingerprint density at radius 1 is 1.20 bits per heavy atom. The van der Waals surface area contributed by atoms with E-state index < -0.39 is 5.97 Å². The number of carbonyl (C=O) groups is 1. The summed E-state index contributed by atoms with van der Waals surface area (Å²) in [7, 11) is 3.55. The molecule has 3 aromatic rings. The Hall–Kier alpha value is -3.73. The summed E-state index contributed by atoms with van der Waals surface area (Å²) in [6.45, 7) is 5.25. The van der Waals surface area contributed by atoms with Crippen LogP contribution in [0, 0.1) is 5.82 Å². The molecule has 5 rings (SSSR count). The third-order valence-corrected chi connectivity index (χ3v) is 6.44. The number of aromatic amines is 1. The van der Waals surface area contributed by atoms with E-state index in [0.717, 1.165) is 37.3 Å². The van der Waals surface area contributed by atoms with Gasteiger partial charge in [0.2, 0.25) is 5.95 Å². The first kappa shape index (κ1) is 23.0. The largest absolute Gasteiger partial charge is 0.494 e. The molecule has 2 aromatic heterocycles. The second-order valence-corrected chi connectivity index (χ2v) is 8.63. The third-order valence-electron chi connectivity index (χ3n) is 6.44. The van der Waals surface area contributed by atoms with Gasteiger partial charge >= 0.3 is 5.97 Å². The molecule has 0 saturated carbocycles. The van der Waals surface area contributed by atoms with Crippen molar-refractivity contribution in [3.05, 3.63) is 41.0 Å². The molecule has 1 fully saturated rings. The number of anilines is 3. The monoisotopic (exact) mass is 481 g/mol. The predicted octanol–water partition coefficient (Wildman–Crippen LogP) is 2.79. The van der Waals surface area contributed by atoms with Crippen molar-refractivity contribution in [2.75, 3.05) is 57.2 Å². The van der Waals surface area contributed by atoms with Crippen molar-refractivity contribution < 1.29 is 18.7 Å². The second-order valence-electron chi connectivity index (χ2n) is 8.63. The van der Waals surface area contributed by atoms with Crippen molar-refractivity contribution >= 4 is 23.3 Å². The SMILES string of the molecule is CCOC(=O)c1[nH]nc2c1CCc1cnc(Nc3cc(N4CCN(C)CC4)c(F)cc3OC)nc1-2. The van der Waals surface area contributed by atoms with Crippen LogP contribution < -0.4 is 15.0 Å². The maximum Gasteiger partial charge on any atom is 0.356 e. The highest BCUT2D eigenvalue weighted by molar-refractivity contribution is 5.91. The standard InChI is InChI=1S/C24H28FN7O3/c1-4-35-23(33)22-15-6-5-14-13-26-24(28-20(14)21(15)29-30-22)27-17-12-18(16(25)11-19(17)34-3)32-9-7-31(2)8-10-32/h11-13H,4-10H2,1-3H3,(H,29,30)(H,26,27,28). The normalized spacial score (nSPS) is 15.4. The summed E-state index contributed by atoms with van der Waals surface area (Å²) in [6, 6.07) is 3.12. The number of ether oxygens (including phenoxy) is 2. The number of H-pyrrole nitrogens is 1. The molecule has 1 aliphatic carbocycles. The summed E-state index contributed by atoms with van der Waals surface area (Å²) in [5.41, 5.74) is 4.42. The lowest BCUT2D eigenvalue weighted by molar-refractivity contribution is 0.0518. The number of halogens is 1. The first-order valence-electron chi connectivity index (χ1n) is 11.7. The molecular weight excluding hydrogens is 453 g/mol. The lowest BCUT2D eigenvalue weighted by Crippen LogP contribution is -2.44. The lowest BCUT2D eigenvalue weighted by atomic mass is 9.93. The van der Waals surface area contributed by atoms with Gasteiger partial charge in [-0.25, -0.2) is 19.2 Å². The van der Waals surface area contributed by atoms with Crippen LogP contribution in [-0.2, 0) is 17.6 Å². The Morgan fingerprint density at radius 3 is 2.74 bits per heavy atom. The van der Waals surface area contributed by atoms with Crippen LogP contribution in [-0.4, -0.2) is 78.0 Å². The Labute approximate surface area is 202 Å².